The van der Waals surface area contributed by atoms with Crippen molar-refractivity contribution in [2.24, 2.45) is 0 Å². The Bertz CT molecular complexity index is 1370. The average Bonchev–Trinajstić information content (AvgIpc) is 3.51. The SMILES string of the molecule is O=C(N[C@H](CN1CCCC1)[C@H](O)c1ccc2ncccc2c1)C(F)(F)c1oc2ccccc2c1Cl. The third kappa shape index (κ3) is 4.61. The molecular weight excluding hydrogens is 476 g/mol. The minimum absolute atomic E-state index is 0.165. The van der Waals surface area contributed by atoms with Crippen LogP contribution in [0.25, 0.3) is 21.9 Å². The van der Waals surface area contributed by atoms with E-state index < -0.39 is 29.7 Å². The minimum Gasteiger partial charge on any atom is -0.452 e. The first-order valence-corrected chi connectivity index (χ1v) is 11.8. The molecule has 2 aromatic heterocycles. The highest BCUT2D eigenvalue weighted by molar-refractivity contribution is 6.36. The fourth-order valence-electron chi connectivity index (χ4n) is 4.56. The standard InChI is InChI=1S/C26H24ClF2N3O3/c27-22-18-7-1-2-8-21(18)35-24(22)26(28,29)25(34)31-20(15-32-12-3-4-13-32)23(33)17-9-10-19-16(14-17)6-5-11-30-19/h1-2,5-11,14,20,23,33H,3-4,12-13,15H2,(H,31,34)/t20-,23-/m1/s1. The van der Waals surface area contributed by atoms with E-state index in [4.69, 9.17) is 16.0 Å². The second-order valence-electron chi connectivity index (χ2n) is 8.80. The number of carbonyl (C=O) groups is 1. The topological polar surface area (TPSA) is 78.6 Å². The van der Waals surface area contributed by atoms with Crippen molar-refractivity contribution < 1.29 is 23.1 Å². The summed E-state index contributed by atoms with van der Waals surface area (Å²) in [6.07, 6.45) is 2.40. The van der Waals surface area contributed by atoms with Gasteiger partial charge in [0.05, 0.1) is 16.6 Å². The molecule has 35 heavy (non-hydrogen) atoms. The normalized spacial score (nSPS) is 16.6. The molecule has 3 heterocycles. The Hall–Kier alpha value is -3.07. The van der Waals surface area contributed by atoms with Gasteiger partial charge in [-0.1, -0.05) is 35.9 Å². The molecule has 1 aliphatic rings. The summed E-state index contributed by atoms with van der Waals surface area (Å²) < 4.78 is 35.9. The van der Waals surface area contributed by atoms with E-state index in [9.17, 15) is 9.90 Å². The van der Waals surface area contributed by atoms with Gasteiger partial charge in [-0.05, 0) is 61.8 Å². The molecule has 0 unspecified atom stereocenters. The summed E-state index contributed by atoms with van der Waals surface area (Å²) >= 11 is 6.16. The maximum absolute atomic E-state index is 15.3. The lowest BCUT2D eigenvalue weighted by molar-refractivity contribution is -0.151. The highest BCUT2D eigenvalue weighted by atomic mass is 35.5. The monoisotopic (exact) mass is 499 g/mol. The van der Waals surface area contributed by atoms with Crippen LogP contribution in [0.5, 0.6) is 0 Å². The summed E-state index contributed by atoms with van der Waals surface area (Å²) in [5.41, 5.74) is 1.41. The largest absolute Gasteiger partial charge is 0.452 e. The fraction of sp³-hybridized carbons (Fsp3) is 0.308. The van der Waals surface area contributed by atoms with Crippen molar-refractivity contribution in [1.82, 2.24) is 15.2 Å². The minimum atomic E-state index is -4.04. The fourth-order valence-corrected chi connectivity index (χ4v) is 4.87. The summed E-state index contributed by atoms with van der Waals surface area (Å²) in [7, 11) is 0. The van der Waals surface area contributed by atoms with Gasteiger partial charge in [0.25, 0.3) is 5.91 Å². The molecular formula is C26H24ClF2N3O3. The number of halogens is 3. The van der Waals surface area contributed by atoms with Gasteiger partial charge in [0, 0.05) is 23.5 Å². The van der Waals surface area contributed by atoms with Crippen LogP contribution in [-0.4, -0.2) is 46.6 Å². The van der Waals surface area contributed by atoms with E-state index in [1.165, 1.54) is 6.07 Å². The Kier molecular flexibility index (Phi) is 6.44. The molecule has 1 fully saturated rings. The first-order valence-electron chi connectivity index (χ1n) is 11.5. The van der Waals surface area contributed by atoms with Gasteiger partial charge in [0.15, 0.2) is 0 Å². The molecule has 5 rings (SSSR count). The molecule has 1 saturated heterocycles. The molecule has 9 heteroatoms. The van der Waals surface area contributed by atoms with Gasteiger partial charge in [-0.2, -0.15) is 8.78 Å². The number of alkyl halides is 2. The van der Waals surface area contributed by atoms with Crippen molar-refractivity contribution in [1.29, 1.82) is 0 Å². The summed E-state index contributed by atoms with van der Waals surface area (Å²) in [6.45, 7) is 1.76. The van der Waals surface area contributed by atoms with Crippen LogP contribution in [0.3, 0.4) is 0 Å². The number of fused-ring (bicyclic) bond motifs is 2. The van der Waals surface area contributed by atoms with E-state index in [0.29, 0.717) is 10.9 Å². The second-order valence-corrected chi connectivity index (χ2v) is 9.18. The van der Waals surface area contributed by atoms with E-state index in [2.05, 4.69) is 10.3 Å². The Balaban J connectivity index is 1.44. The van der Waals surface area contributed by atoms with Crippen LogP contribution < -0.4 is 5.32 Å². The molecule has 0 bridgehead atoms. The molecule has 182 valence electrons. The number of aromatic nitrogens is 1. The van der Waals surface area contributed by atoms with Crippen LogP contribution >= 0.6 is 11.6 Å². The van der Waals surface area contributed by atoms with Crippen LogP contribution in [-0.2, 0) is 10.7 Å². The van der Waals surface area contributed by atoms with Crippen LogP contribution in [0.2, 0.25) is 5.02 Å². The lowest BCUT2D eigenvalue weighted by Gasteiger charge is -2.30. The number of para-hydroxylation sites is 1. The molecule has 0 radical (unpaired) electrons. The molecule has 2 atom stereocenters. The van der Waals surface area contributed by atoms with Gasteiger partial charge in [-0.25, -0.2) is 0 Å². The third-order valence-electron chi connectivity index (χ3n) is 6.43. The number of aliphatic hydroxyl groups excluding tert-OH is 1. The predicted octanol–water partition coefficient (Wildman–Crippen LogP) is 5.04. The predicted molar refractivity (Wildman–Crippen MR) is 129 cm³/mol. The number of furan rings is 1. The molecule has 1 amide bonds. The van der Waals surface area contributed by atoms with E-state index >= 15 is 8.78 Å². The third-order valence-corrected chi connectivity index (χ3v) is 6.80. The number of likely N-dealkylation sites (tertiary alicyclic amines) is 1. The quantitative estimate of drug-likeness (QED) is 0.372. The number of rotatable bonds is 7. The zero-order valence-corrected chi connectivity index (χ0v) is 19.5. The van der Waals surface area contributed by atoms with E-state index in [1.54, 1.807) is 48.7 Å². The Labute approximate surface area is 205 Å². The average molecular weight is 500 g/mol. The van der Waals surface area contributed by atoms with Gasteiger partial charge in [-0.3, -0.25) is 9.78 Å². The van der Waals surface area contributed by atoms with E-state index in [0.717, 1.165) is 36.8 Å². The van der Waals surface area contributed by atoms with Gasteiger partial charge >= 0.3 is 5.92 Å². The summed E-state index contributed by atoms with van der Waals surface area (Å²) in [5, 5.41) is 14.4. The number of hydrogen-bond donors (Lipinski definition) is 2. The number of pyridine rings is 1. The summed E-state index contributed by atoms with van der Waals surface area (Å²) in [6, 6.07) is 14.2. The number of nitrogens with zero attached hydrogens (tertiary/aromatic N) is 2. The zero-order valence-electron chi connectivity index (χ0n) is 18.8. The molecule has 1 aliphatic heterocycles. The molecule has 4 aromatic rings. The van der Waals surface area contributed by atoms with Crippen molar-refractivity contribution in [3.8, 4) is 0 Å². The lowest BCUT2D eigenvalue weighted by Crippen LogP contribution is -2.50. The van der Waals surface area contributed by atoms with Crippen LogP contribution in [0.15, 0.2) is 65.2 Å². The van der Waals surface area contributed by atoms with Crippen LogP contribution in [0, 0.1) is 0 Å². The Morgan fingerprint density at radius 3 is 2.71 bits per heavy atom. The summed E-state index contributed by atoms with van der Waals surface area (Å²) in [4.78, 5) is 19.2. The first kappa shape index (κ1) is 23.7. The van der Waals surface area contributed by atoms with Gasteiger partial charge in [-0.15, -0.1) is 0 Å². The molecule has 6 nitrogen and oxygen atoms in total. The molecule has 2 aromatic carbocycles. The molecule has 0 spiro atoms. The van der Waals surface area contributed by atoms with Crippen molar-refractivity contribution in [3.63, 3.8) is 0 Å². The zero-order chi connectivity index (χ0) is 24.6. The Morgan fingerprint density at radius 2 is 1.94 bits per heavy atom. The van der Waals surface area contributed by atoms with E-state index in [-0.39, 0.29) is 17.2 Å². The maximum Gasteiger partial charge on any atom is 0.382 e. The lowest BCUT2D eigenvalue weighted by atomic mass is 9.99. The highest BCUT2D eigenvalue weighted by Gasteiger charge is 2.48. The van der Waals surface area contributed by atoms with Crippen molar-refractivity contribution in [3.05, 3.63) is 77.1 Å². The van der Waals surface area contributed by atoms with Crippen LogP contribution in [0.1, 0.15) is 30.3 Å². The number of carbonyl (C=O) groups excluding carboxylic acids is 1. The van der Waals surface area contributed by atoms with Gasteiger partial charge in [0.2, 0.25) is 5.76 Å². The van der Waals surface area contributed by atoms with Crippen LogP contribution in [0.4, 0.5) is 8.78 Å². The van der Waals surface area contributed by atoms with Gasteiger partial charge in [0.1, 0.15) is 11.7 Å². The number of benzene rings is 2. The number of nitrogens with one attached hydrogen (secondary N) is 1. The molecule has 0 saturated carbocycles. The summed E-state index contributed by atoms with van der Waals surface area (Å²) in [5.74, 6) is -6.53. The van der Waals surface area contributed by atoms with Crippen molar-refractivity contribution in [2.75, 3.05) is 19.6 Å². The number of amides is 1. The Morgan fingerprint density at radius 1 is 1.17 bits per heavy atom. The van der Waals surface area contributed by atoms with Crippen molar-refractivity contribution >= 4 is 39.4 Å². The highest BCUT2D eigenvalue weighted by Crippen LogP contribution is 2.40. The van der Waals surface area contributed by atoms with E-state index in [1.807, 2.05) is 11.0 Å². The number of hydrogen-bond acceptors (Lipinski definition) is 5. The first-order chi connectivity index (χ1) is 16.8. The maximum atomic E-state index is 15.3. The smallest absolute Gasteiger partial charge is 0.382 e. The molecule has 0 aliphatic carbocycles. The number of aliphatic hydroxyl groups is 1. The molecule has 2 N–H and O–H groups in total. The van der Waals surface area contributed by atoms with Gasteiger partial charge < -0.3 is 19.7 Å². The second kappa shape index (κ2) is 9.53. The van der Waals surface area contributed by atoms with Crippen molar-refractivity contribution in [2.45, 2.75) is 30.9 Å².